The van der Waals surface area contributed by atoms with Crippen LogP contribution in [0.3, 0.4) is 0 Å². The number of benzene rings is 1. The van der Waals surface area contributed by atoms with E-state index >= 15 is 0 Å². The first-order valence-electron chi connectivity index (χ1n) is 7.11. The molecule has 1 aromatic carbocycles. The maximum Gasteiger partial charge on any atom is 0.115 e. The van der Waals surface area contributed by atoms with Gasteiger partial charge in [0.25, 0.3) is 0 Å². The van der Waals surface area contributed by atoms with Crippen molar-refractivity contribution in [3.05, 3.63) is 30.3 Å². The molecule has 4 rings (SSSR count). The van der Waals surface area contributed by atoms with Gasteiger partial charge in [-0.3, -0.25) is 4.90 Å². The van der Waals surface area contributed by atoms with Crippen LogP contribution in [-0.2, 0) is 14.2 Å². The van der Waals surface area contributed by atoms with Crippen molar-refractivity contribution >= 4 is 0 Å². The van der Waals surface area contributed by atoms with Gasteiger partial charge in [0.15, 0.2) is 0 Å². The normalized spacial score (nSPS) is 29.6. The quantitative estimate of drug-likeness (QED) is 0.783. The third-order valence-corrected chi connectivity index (χ3v) is 3.35. The average molecular weight is 279 g/mol. The zero-order valence-electron chi connectivity index (χ0n) is 11.5. The molecular weight excluding hydrogens is 258 g/mol. The summed E-state index contributed by atoms with van der Waals surface area (Å²) in [5.74, 6) is 0.322. The van der Waals surface area contributed by atoms with Crippen LogP contribution in [0.2, 0.25) is 0 Å². The second kappa shape index (κ2) is 6.54. The van der Waals surface area contributed by atoms with Crippen LogP contribution in [-0.4, -0.2) is 67.8 Å². The summed E-state index contributed by atoms with van der Waals surface area (Å²) >= 11 is 0. The highest BCUT2D eigenvalue weighted by atomic mass is 16.6. The molecule has 3 saturated heterocycles. The summed E-state index contributed by atoms with van der Waals surface area (Å²) in [4.78, 5) is 2.41. The van der Waals surface area contributed by atoms with Crippen molar-refractivity contribution in [1.29, 1.82) is 0 Å². The number of hydrogen-bond acceptors (Lipinski definition) is 5. The van der Waals surface area contributed by atoms with Crippen molar-refractivity contribution in [3.8, 4) is 5.75 Å². The lowest BCUT2D eigenvalue weighted by atomic mass is 10.3. The van der Waals surface area contributed by atoms with Gasteiger partial charge < -0.3 is 19.3 Å². The van der Waals surface area contributed by atoms with Crippen LogP contribution >= 0.6 is 0 Å². The molecule has 1 N–H and O–H groups in total. The fourth-order valence-electron chi connectivity index (χ4n) is 2.04. The first-order valence-corrected chi connectivity index (χ1v) is 7.11. The number of rotatable bonds is 6. The molecule has 0 aliphatic carbocycles. The maximum atomic E-state index is 8.63. The highest BCUT2D eigenvalue weighted by Crippen LogP contribution is 2.18. The van der Waals surface area contributed by atoms with E-state index in [4.69, 9.17) is 19.3 Å². The van der Waals surface area contributed by atoms with Gasteiger partial charge in [0.2, 0.25) is 0 Å². The lowest BCUT2D eigenvalue weighted by Gasteiger charge is -2.18. The van der Waals surface area contributed by atoms with E-state index in [0.717, 1.165) is 39.5 Å². The highest BCUT2D eigenvalue weighted by Gasteiger charge is 2.34. The lowest BCUT2D eigenvalue weighted by Crippen LogP contribution is -2.34. The third-order valence-electron chi connectivity index (χ3n) is 3.35. The number of hydrogen-bond donors (Lipinski definition) is 1. The van der Waals surface area contributed by atoms with E-state index in [1.807, 2.05) is 6.07 Å². The van der Waals surface area contributed by atoms with Gasteiger partial charge in [-0.2, -0.15) is 0 Å². The fourth-order valence-corrected chi connectivity index (χ4v) is 2.04. The Kier molecular flexibility index (Phi) is 4.52. The summed E-state index contributed by atoms with van der Waals surface area (Å²) in [6.45, 7) is 5.98. The number of phenols is 1. The molecule has 110 valence electrons. The molecule has 0 radical (unpaired) electrons. The summed E-state index contributed by atoms with van der Waals surface area (Å²) in [5, 5.41) is 8.63. The number of epoxide rings is 3. The Balaban J connectivity index is 0.000000147. The highest BCUT2D eigenvalue weighted by molar-refractivity contribution is 5.18. The number of nitrogens with zero attached hydrogens (tertiary/aromatic N) is 1. The summed E-state index contributed by atoms with van der Waals surface area (Å²) in [6.07, 6.45) is 1.45. The maximum absolute atomic E-state index is 8.63. The molecule has 5 nitrogen and oxygen atoms in total. The van der Waals surface area contributed by atoms with Crippen LogP contribution in [0.4, 0.5) is 0 Å². The molecule has 0 bridgehead atoms. The molecule has 3 fully saturated rings. The number of aromatic hydroxyl groups is 1. The minimum absolute atomic E-state index is 0.322. The Hall–Kier alpha value is -1.14. The predicted octanol–water partition coefficient (Wildman–Crippen LogP) is 0.877. The molecule has 0 aromatic heterocycles. The molecule has 3 aliphatic heterocycles. The van der Waals surface area contributed by atoms with E-state index in [1.165, 1.54) is 0 Å². The van der Waals surface area contributed by atoms with Gasteiger partial charge in [-0.25, -0.2) is 0 Å². The Morgan fingerprint density at radius 2 is 1.25 bits per heavy atom. The zero-order chi connectivity index (χ0) is 13.8. The third kappa shape index (κ3) is 5.46. The Morgan fingerprint density at radius 1 is 0.850 bits per heavy atom. The lowest BCUT2D eigenvalue weighted by molar-refractivity contribution is 0.202. The first kappa shape index (κ1) is 13.8. The van der Waals surface area contributed by atoms with E-state index in [-0.39, 0.29) is 0 Å². The van der Waals surface area contributed by atoms with Gasteiger partial charge in [-0.1, -0.05) is 18.2 Å². The summed E-state index contributed by atoms with van der Waals surface area (Å²) in [5.41, 5.74) is 0. The van der Waals surface area contributed by atoms with E-state index in [0.29, 0.717) is 24.1 Å². The minimum Gasteiger partial charge on any atom is -0.508 e. The van der Waals surface area contributed by atoms with Crippen LogP contribution in [0.5, 0.6) is 5.75 Å². The molecule has 0 amide bonds. The van der Waals surface area contributed by atoms with E-state index in [2.05, 4.69) is 4.90 Å². The van der Waals surface area contributed by atoms with Gasteiger partial charge >= 0.3 is 0 Å². The van der Waals surface area contributed by atoms with Gasteiger partial charge in [-0.05, 0) is 12.1 Å². The van der Waals surface area contributed by atoms with Crippen LogP contribution < -0.4 is 0 Å². The average Bonchev–Trinajstić information content (AvgIpc) is 3.25. The van der Waals surface area contributed by atoms with Crippen molar-refractivity contribution < 1.29 is 19.3 Å². The van der Waals surface area contributed by atoms with E-state index < -0.39 is 0 Å². The van der Waals surface area contributed by atoms with E-state index in [9.17, 15) is 0 Å². The Bertz CT molecular complexity index is 368. The molecule has 3 atom stereocenters. The van der Waals surface area contributed by atoms with Crippen LogP contribution in [0.15, 0.2) is 30.3 Å². The summed E-state index contributed by atoms with van der Waals surface area (Å²) < 4.78 is 15.7. The smallest absolute Gasteiger partial charge is 0.115 e. The molecule has 20 heavy (non-hydrogen) atoms. The molecule has 0 spiro atoms. The standard InChI is InChI=1S/C9H15NO3.C6H6O/c1(7-4-11-7)10(2-8-5-12-8)3-9-6-13-9;7-6-4-2-1-3-5-6/h7-9H,1-6H2;1-5,7H. The molecule has 3 aliphatic rings. The summed E-state index contributed by atoms with van der Waals surface area (Å²) in [7, 11) is 0. The molecule has 0 saturated carbocycles. The Labute approximate surface area is 119 Å². The largest absolute Gasteiger partial charge is 0.508 e. The van der Waals surface area contributed by atoms with Gasteiger partial charge in [-0.15, -0.1) is 0 Å². The zero-order valence-corrected chi connectivity index (χ0v) is 11.5. The number of para-hydroxylation sites is 1. The van der Waals surface area contributed by atoms with Crippen molar-refractivity contribution in [1.82, 2.24) is 4.90 Å². The fraction of sp³-hybridized carbons (Fsp3) is 0.600. The van der Waals surface area contributed by atoms with Crippen LogP contribution in [0, 0.1) is 0 Å². The SMILES string of the molecule is C1OC1CN(CC1CO1)CC1CO1.Oc1ccccc1. The van der Waals surface area contributed by atoms with Gasteiger partial charge in [0.05, 0.1) is 38.1 Å². The van der Waals surface area contributed by atoms with Gasteiger partial charge in [0.1, 0.15) is 5.75 Å². The van der Waals surface area contributed by atoms with Crippen molar-refractivity contribution in [2.45, 2.75) is 18.3 Å². The van der Waals surface area contributed by atoms with Gasteiger partial charge in [0, 0.05) is 19.6 Å². The molecular formula is C15H21NO4. The van der Waals surface area contributed by atoms with Crippen molar-refractivity contribution in [2.75, 3.05) is 39.5 Å². The molecule has 1 aromatic rings. The Morgan fingerprint density at radius 3 is 1.50 bits per heavy atom. The van der Waals surface area contributed by atoms with E-state index in [1.54, 1.807) is 24.3 Å². The molecule has 3 unspecified atom stereocenters. The summed E-state index contributed by atoms with van der Waals surface area (Å²) in [6, 6.07) is 8.71. The second-order valence-electron chi connectivity index (χ2n) is 5.42. The molecule has 3 heterocycles. The topological polar surface area (TPSA) is 61.1 Å². The predicted molar refractivity (Wildman–Crippen MR) is 73.8 cm³/mol. The monoisotopic (exact) mass is 279 g/mol. The van der Waals surface area contributed by atoms with Crippen molar-refractivity contribution in [3.63, 3.8) is 0 Å². The first-order chi connectivity index (χ1) is 9.79. The van der Waals surface area contributed by atoms with Crippen LogP contribution in [0.1, 0.15) is 0 Å². The second-order valence-corrected chi connectivity index (χ2v) is 5.42. The number of phenolic OH excluding ortho intramolecular Hbond substituents is 1. The minimum atomic E-state index is 0.322. The molecule has 5 heteroatoms. The number of ether oxygens (including phenoxy) is 3. The van der Waals surface area contributed by atoms with Crippen molar-refractivity contribution in [2.24, 2.45) is 0 Å². The van der Waals surface area contributed by atoms with Crippen LogP contribution in [0.25, 0.3) is 0 Å².